The van der Waals surface area contributed by atoms with E-state index in [0.717, 1.165) is 9.21 Å². The van der Waals surface area contributed by atoms with Crippen LogP contribution in [-0.4, -0.2) is 7.11 Å². The minimum atomic E-state index is -0.472. The van der Waals surface area contributed by atoms with Crippen LogP contribution in [0.2, 0.25) is 4.34 Å². The number of benzene rings is 1. The third-order valence-electron chi connectivity index (χ3n) is 2.41. The summed E-state index contributed by atoms with van der Waals surface area (Å²) in [5, 5.41) is 3.12. The van der Waals surface area contributed by atoms with Gasteiger partial charge in [-0.1, -0.05) is 11.6 Å². The molecule has 0 radical (unpaired) electrons. The smallest absolute Gasteiger partial charge is 0.167 e. The Bertz CT molecular complexity index is 559. The minimum absolute atomic E-state index is 0.163. The average molecular weight is 287 g/mol. The van der Waals surface area contributed by atoms with Crippen molar-refractivity contribution in [3.63, 3.8) is 0 Å². The number of methoxy groups -OCH3 is 1. The molecule has 6 heteroatoms. The van der Waals surface area contributed by atoms with E-state index in [0.29, 0.717) is 17.9 Å². The summed E-state index contributed by atoms with van der Waals surface area (Å²) in [5.41, 5.74) is 6.71. The Morgan fingerprint density at radius 3 is 2.83 bits per heavy atom. The number of nitrogen functional groups attached to an aromatic ring is 1. The van der Waals surface area contributed by atoms with Crippen molar-refractivity contribution in [2.45, 2.75) is 6.54 Å². The van der Waals surface area contributed by atoms with Crippen LogP contribution in [0.5, 0.6) is 5.75 Å². The van der Waals surface area contributed by atoms with Crippen LogP contribution in [0.25, 0.3) is 0 Å². The highest BCUT2D eigenvalue weighted by atomic mass is 35.5. The number of ether oxygens (including phenoxy) is 1. The summed E-state index contributed by atoms with van der Waals surface area (Å²) in [6.45, 7) is 0.580. The van der Waals surface area contributed by atoms with E-state index < -0.39 is 5.82 Å². The third kappa shape index (κ3) is 2.86. The van der Waals surface area contributed by atoms with E-state index in [9.17, 15) is 4.39 Å². The van der Waals surface area contributed by atoms with E-state index in [1.807, 2.05) is 12.1 Å². The van der Waals surface area contributed by atoms with Gasteiger partial charge in [-0.05, 0) is 12.1 Å². The predicted octanol–water partition coefficient (Wildman–Crippen LogP) is 3.74. The second-order valence-electron chi connectivity index (χ2n) is 3.63. The summed E-state index contributed by atoms with van der Waals surface area (Å²) < 4.78 is 19.0. The van der Waals surface area contributed by atoms with Crippen molar-refractivity contribution >= 4 is 34.3 Å². The lowest BCUT2D eigenvalue weighted by Gasteiger charge is -2.11. The van der Waals surface area contributed by atoms with E-state index in [4.69, 9.17) is 22.1 Å². The van der Waals surface area contributed by atoms with Crippen LogP contribution in [-0.2, 0) is 6.54 Å². The average Bonchev–Trinajstić information content (AvgIpc) is 2.74. The molecule has 18 heavy (non-hydrogen) atoms. The van der Waals surface area contributed by atoms with Crippen LogP contribution < -0.4 is 15.8 Å². The van der Waals surface area contributed by atoms with E-state index in [1.54, 1.807) is 6.07 Å². The summed E-state index contributed by atoms with van der Waals surface area (Å²) in [6.07, 6.45) is 0. The summed E-state index contributed by atoms with van der Waals surface area (Å²) >= 11 is 7.32. The molecule has 1 heterocycles. The highest BCUT2D eigenvalue weighted by Gasteiger charge is 2.08. The quantitative estimate of drug-likeness (QED) is 0.842. The molecule has 0 aliphatic carbocycles. The summed E-state index contributed by atoms with van der Waals surface area (Å²) in [7, 11) is 1.41. The number of rotatable bonds is 4. The molecule has 3 N–H and O–H groups in total. The minimum Gasteiger partial charge on any atom is -0.494 e. The lowest BCUT2D eigenvalue weighted by molar-refractivity contribution is 0.387. The number of anilines is 2. The first-order valence-corrected chi connectivity index (χ1v) is 6.40. The highest BCUT2D eigenvalue weighted by Crippen LogP contribution is 2.29. The van der Waals surface area contributed by atoms with Gasteiger partial charge in [0.05, 0.1) is 22.8 Å². The second-order valence-corrected chi connectivity index (χ2v) is 5.43. The van der Waals surface area contributed by atoms with Crippen molar-refractivity contribution in [3.8, 4) is 5.75 Å². The number of nitrogens with two attached hydrogens (primary N) is 1. The Morgan fingerprint density at radius 1 is 1.44 bits per heavy atom. The summed E-state index contributed by atoms with van der Waals surface area (Å²) in [5.74, 6) is -0.310. The predicted molar refractivity (Wildman–Crippen MR) is 74.0 cm³/mol. The normalized spacial score (nSPS) is 10.4. The van der Waals surface area contributed by atoms with Crippen molar-refractivity contribution < 1.29 is 9.13 Å². The highest BCUT2D eigenvalue weighted by molar-refractivity contribution is 7.16. The molecule has 2 rings (SSSR count). The first-order chi connectivity index (χ1) is 8.60. The van der Waals surface area contributed by atoms with E-state index in [2.05, 4.69) is 5.32 Å². The fourth-order valence-corrected chi connectivity index (χ4v) is 2.53. The van der Waals surface area contributed by atoms with E-state index in [1.165, 1.54) is 24.5 Å². The number of hydrogen-bond acceptors (Lipinski definition) is 4. The largest absolute Gasteiger partial charge is 0.494 e. The summed E-state index contributed by atoms with van der Waals surface area (Å²) in [4.78, 5) is 1.07. The Labute approximate surface area is 113 Å². The fourth-order valence-electron chi connectivity index (χ4n) is 1.51. The zero-order valence-electron chi connectivity index (χ0n) is 9.67. The zero-order valence-corrected chi connectivity index (χ0v) is 11.2. The van der Waals surface area contributed by atoms with Crippen molar-refractivity contribution in [1.29, 1.82) is 0 Å². The van der Waals surface area contributed by atoms with Crippen molar-refractivity contribution in [2.75, 3.05) is 18.2 Å². The number of thiophene rings is 1. The van der Waals surface area contributed by atoms with E-state index in [-0.39, 0.29) is 5.75 Å². The van der Waals surface area contributed by atoms with Crippen molar-refractivity contribution in [2.24, 2.45) is 0 Å². The maximum atomic E-state index is 13.3. The molecule has 0 bridgehead atoms. The first kappa shape index (κ1) is 13.0. The maximum absolute atomic E-state index is 13.3. The molecule has 0 unspecified atom stereocenters. The van der Waals surface area contributed by atoms with Crippen LogP contribution in [0, 0.1) is 5.82 Å². The third-order valence-corrected chi connectivity index (χ3v) is 3.64. The lowest BCUT2D eigenvalue weighted by Crippen LogP contribution is -2.02. The molecule has 0 aliphatic heterocycles. The van der Waals surface area contributed by atoms with Gasteiger partial charge in [0.25, 0.3) is 0 Å². The topological polar surface area (TPSA) is 47.3 Å². The Morgan fingerprint density at radius 2 is 2.22 bits per heavy atom. The van der Waals surface area contributed by atoms with Crippen LogP contribution >= 0.6 is 22.9 Å². The van der Waals surface area contributed by atoms with Crippen LogP contribution in [0.4, 0.5) is 15.8 Å². The van der Waals surface area contributed by atoms with Gasteiger partial charge < -0.3 is 15.8 Å². The lowest BCUT2D eigenvalue weighted by atomic mass is 10.2. The van der Waals surface area contributed by atoms with Gasteiger partial charge in [0.15, 0.2) is 11.6 Å². The van der Waals surface area contributed by atoms with Gasteiger partial charge in [0.1, 0.15) is 0 Å². The molecule has 3 nitrogen and oxygen atoms in total. The van der Waals surface area contributed by atoms with Gasteiger partial charge in [-0.25, -0.2) is 4.39 Å². The monoisotopic (exact) mass is 286 g/mol. The zero-order chi connectivity index (χ0) is 13.1. The van der Waals surface area contributed by atoms with Gasteiger partial charge in [-0.15, -0.1) is 11.3 Å². The molecule has 0 saturated carbocycles. The molecule has 0 aliphatic rings. The molecule has 2 aromatic rings. The van der Waals surface area contributed by atoms with Crippen LogP contribution in [0.1, 0.15) is 4.88 Å². The summed E-state index contributed by atoms with van der Waals surface area (Å²) in [6, 6.07) is 6.54. The van der Waals surface area contributed by atoms with E-state index >= 15 is 0 Å². The molecular formula is C12H12ClFN2OS. The number of halogens is 2. The van der Waals surface area contributed by atoms with Gasteiger partial charge in [-0.2, -0.15) is 0 Å². The van der Waals surface area contributed by atoms with Crippen molar-refractivity contribution in [1.82, 2.24) is 0 Å². The molecule has 0 saturated heterocycles. The van der Waals surface area contributed by atoms with Gasteiger partial charge in [0, 0.05) is 23.6 Å². The van der Waals surface area contributed by atoms with Gasteiger partial charge >= 0.3 is 0 Å². The standard InChI is InChI=1S/C12H12ClFN2OS/c1-17-11-5-10(9(15)4-8(11)14)16-6-7-2-3-12(13)18-7/h2-5,16H,6,15H2,1H3. The molecule has 0 fully saturated rings. The Hall–Kier alpha value is -1.46. The second kappa shape index (κ2) is 5.46. The van der Waals surface area contributed by atoms with Gasteiger partial charge in [0.2, 0.25) is 0 Å². The fraction of sp³-hybridized carbons (Fsp3) is 0.167. The van der Waals surface area contributed by atoms with Crippen molar-refractivity contribution in [3.05, 3.63) is 39.3 Å². The molecule has 1 aromatic heterocycles. The number of hydrogen-bond donors (Lipinski definition) is 2. The molecular weight excluding hydrogens is 275 g/mol. The Balaban J connectivity index is 2.13. The molecule has 1 aromatic carbocycles. The van der Waals surface area contributed by atoms with Gasteiger partial charge in [-0.3, -0.25) is 0 Å². The molecule has 0 atom stereocenters. The first-order valence-electron chi connectivity index (χ1n) is 5.21. The van der Waals surface area contributed by atoms with Crippen LogP contribution in [0.3, 0.4) is 0 Å². The maximum Gasteiger partial charge on any atom is 0.167 e. The SMILES string of the molecule is COc1cc(NCc2ccc(Cl)s2)c(N)cc1F. The molecule has 0 spiro atoms. The van der Waals surface area contributed by atoms with Crippen LogP contribution in [0.15, 0.2) is 24.3 Å². The number of nitrogens with one attached hydrogen (secondary N) is 1. The molecule has 0 amide bonds. The molecule has 96 valence electrons. The Kier molecular flexibility index (Phi) is 3.93.